The zero-order valence-electron chi connectivity index (χ0n) is 17.1. The van der Waals surface area contributed by atoms with Crippen molar-refractivity contribution in [1.82, 2.24) is 19.2 Å². The fourth-order valence-corrected chi connectivity index (χ4v) is 3.90. The van der Waals surface area contributed by atoms with Gasteiger partial charge >= 0.3 is 5.69 Å². The summed E-state index contributed by atoms with van der Waals surface area (Å²) in [4.78, 5) is 28.3. The van der Waals surface area contributed by atoms with E-state index >= 15 is 0 Å². The van der Waals surface area contributed by atoms with Crippen LogP contribution in [0.2, 0.25) is 0 Å². The summed E-state index contributed by atoms with van der Waals surface area (Å²) in [6, 6.07) is 15.8. The van der Waals surface area contributed by atoms with Gasteiger partial charge < -0.3 is 4.90 Å². The van der Waals surface area contributed by atoms with Crippen LogP contribution in [0.1, 0.15) is 12.8 Å². The summed E-state index contributed by atoms with van der Waals surface area (Å²) in [7, 11) is 1.48. The van der Waals surface area contributed by atoms with E-state index in [-0.39, 0.29) is 28.0 Å². The van der Waals surface area contributed by atoms with Gasteiger partial charge in [0.1, 0.15) is 6.20 Å². The predicted molar refractivity (Wildman–Crippen MR) is 114 cm³/mol. The first-order valence-corrected chi connectivity index (χ1v) is 10.1. The molecule has 1 fully saturated rings. The average molecular weight is 451 g/mol. The molecule has 3 aromatic rings. The summed E-state index contributed by atoms with van der Waals surface area (Å²) in [6.45, 7) is 5.64. The molecular weight excluding hydrogens is 425 g/mol. The zero-order valence-corrected chi connectivity index (χ0v) is 18.1. The Bertz CT molecular complexity index is 1100. The number of hydrogen-bond acceptors (Lipinski definition) is 5. The Labute approximate surface area is 186 Å². The van der Waals surface area contributed by atoms with Gasteiger partial charge in [-0.1, -0.05) is 18.2 Å². The van der Waals surface area contributed by atoms with Crippen LogP contribution in [0.5, 0.6) is 0 Å². The number of unbranched alkanes of at least 4 members (excludes halogenated alkanes) is 1. The molecule has 161 valence electrons. The SMILES string of the molecule is Cn1c(=O)cnn(CCCCN2CCN(c3cccc4cc[c-]cc34)CC2)c1=O.[Co]. The molecule has 2 aromatic carbocycles. The quantitative estimate of drug-likeness (QED) is 0.420. The van der Waals surface area contributed by atoms with Crippen LogP contribution in [0.3, 0.4) is 0 Å². The van der Waals surface area contributed by atoms with Crippen molar-refractivity contribution in [3.63, 3.8) is 0 Å². The molecule has 0 aliphatic carbocycles. The minimum atomic E-state index is -0.367. The monoisotopic (exact) mass is 451 g/mol. The summed E-state index contributed by atoms with van der Waals surface area (Å²) >= 11 is 0. The molecule has 0 unspecified atom stereocenters. The average Bonchev–Trinajstić information content (AvgIpc) is 2.76. The molecule has 4 rings (SSSR count). The number of benzene rings is 2. The molecular formula is C22H26CoN5O2-. The normalized spacial score (nSPS) is 14.6. The third-order valence-corrected chi connectivity index (χ3v) is 5.66. The number of fused-ring (bicyclic) bond motifs is 1. The van der Waals surface area contributed by atoms with Gasteiger partial charge in [-0.05, 0) is 25.1 Å². The smallest absolute Gasteiger partial charge is 0.347 e. The van der Waals surface area contributed by atoms with E-state index in [9.17, 15) is 9.59 Å². The van der Waals surface area contributed by atoms with E-state index in [0.717, 1.165) is 50.1 Å². The van der Waals surface area contributed by atoms with E-state index in [4.69, 9.17) is 0 Å². The van der Waals surface area contributed by atoms with Gasteiger partial charge in [-0.25, -0.2) is 9.48 Å². The number of anilines is 1. The number of nitrogens with zero attached hydrogens (tertiary/aromatic N) is 5. The number of aryl methyl sites for hydroxylation is 1. The molecule has 30 heavy (non-hydrogen) atoms. The zero-order chi connectivity index (χ0) is 20.2. The molecule has 0 bridgehead atoms. The fourth-order valence-electron chi connectivity index (χ4n) is 3.90. The van der Waals surface area contributed by atoms with Gasteiger partial charge in [-0.15, -0.1) is 10.8 Å². The summed E-state index contributed by atoms with van der Waals surface area (Å²) in [5, 5.41) is 6.46. The molecule has 1 radical (unpaired) electrons. The van der Waals surface area contributed by atoms with Crippen LogP contribution in [0.4, 0.5) is 5.69 Å². The minimum absolute atomic E-state index is 0. The Balaban J connectivity index is 0.00000256. The van der Waals surface area contributed by atoms with E-state index < -0.39 is 0 Å². The summed E-state index contributed by atoms with van der Waals surface area (Å²) in [6.07, 6.45) is 3.07. The Morgan fingerprint density at radius 1 is 1.03 bits per heavy atom. The predicted octanol–water partition coefficient (Wildman–Crippen LogP) is 1.50. The molecule has 1 saturated heterocycles. The topological polar surface area (TPSA) is 63.4 Å². The maximum Gasteiger partial charge on any atom is 0.347 e. The van der Waals surface area contributed by atoms with Gasteiger partial charge in [0.2, 0.25) is 0 Å². The Morgan fingerprint density at radius 2 is 1.80 bits per heavy atom. The van der Waals surface area contributed by atoms with Gasteiger partial charge in [0.15, 0.2) is 0 Å². The Kier molecular flexibility index (Phi) is 7.46. The maximum atomic E-state index is 12.0. The number of rotatable bonds is 6. The first kappa shape index (κ1) is 22.3. The molecule has 7 nitrogen and oxygen atoms in total. The first-order chi connectivity index (χ1) is 14.1. The molecule has 0 spiro atoms. The van der Waals surface area contributed by atoms with Crippen molar-refractivity contribution in [2.45, 2.75) is 19.4 Å². The van der Waals surface area contributed by atoms with Crippen LogP contribution in [0.25, 0.3) is 10.8 Å². The van der Waals surface area contributed by atoms with Crippen molar-refractivity contribution in [1.29, 1.82) is 0 Å². The molecule has 0 saturated carbocycles. The maximum absolute atomic E-state index is 12.0. The van der Waals surface area contributed by atoms with E-state index in [2.05, 4.69) is 51.3 Å². The number of hydrogen-bond donors (Lipinski definition) is 0. The summed E-state index contributed by atoms with van der Waals surface area (Å²) < 4.78 is 2.47. The Morgan fingerprint density at radius 3 is 2.60 bits per heavy atom. The molecule has 1 aliphatic heterocycles. The Hall–Kier alpha value is -2.42. The molecule has 8 heteroatoms. The summed E-state index contributed by atoms with van der Waals surface area (Å²) in [5.74, 6) is 0. The third kappa shape index (κ3) is 4.83. The molecule has 0 N–H and O–H groups in total. The van der Waals surface area contributed by atoms with E-state index in [1.807, 2.05) is 6.07 Å². The van der Waals surface area contributed by atoms with Crippen LogP contribution in [0, 0.1) is 6.07 Å². The molecule has 0 amide bonds. The van der Waals surface area contributed by atoms with Crippen molar-refractivity contribution in [3.05, 3.63) is 69.5 Å². The fraction of sp³-hybridized carbons (Fsp3) is 0.409. The largest absolute Gasteiger partial charge is 0.379 e. The van der Waals surface area contributed by atoms with Crippen molar-refractivity contribution in [2.75, 3.05) is 37.6 Å². The third-order valence-electron chi connectivity index (χ3n) is 5.66. The van der Waals surface area contributed by atoms with Crippen molar-refractivity contribution < 1.29 is 16.8 Å². The standard InChI is InChI=1S/C22H26N5O2.Co/c1-24-21(28)17-23-27(22(24)29)12-5-4-11-25-13-15-26(16-14-25)20-10-6-8-18-7-2-3-9-19(18)20;/h2,6-10,17H,4-5,11-16H2,1H3;/q-1;. The van der Waals surface area contributed by atoms with Crippen molar-refractivity contribution in [3.8, 4) is 0 Å². The van der Waals surface area contributed by atoms with Gasteiger partial charge in [0, 0.05) is 56.6 Å². The first-order valence-electron chi connectivity index (χ1n) is 10.1. The number of piperazine rings is 1. The van der Waals surface area contributed by atoms with E-state index in [1.54, 1.807) is 0 Å². The van der Waals surface area contributed by atoms with E-state index in [0.29, 0.717) is 6.54 Å². The van der Waals surface area contributed by atoms with Gasteiger partial charge in [-0.2, -0.15) is 29.4 Å². The van der Waals surface area contributed by atoms with Crippen LogP contribution < -0.4 is 16.1 Å². The van der Waals surface area contributed by atoms with Crippen LogP contribution in [-0.4, -0.2) is 52.0 Å². The minimum Gasteiger partial charge on any atom is -0.379 e. The van der Waals surface area contributed by atoms with Gasteiger partial charge in [0.05, 0.1) is 0 Å². The second-order valence-corrected chi connectivity index (χ2v) is 7.51. The molecule has 1 aliphatic rings. The number of aromatic nitrogens is 3. The van der Waals surface area contributed by atoms with Gasteiger partial charge in [0.25, 0.3) is 5.56 Å². The van der Waals surface area contributed by atoms with Crippen LogP contribution in [0.15, 0.2) is 52.2 Å². The van der Waals surface area contributed by atoms with Crippen molar-refractivity contribution in [2.24, 2.45) is 7.05 Å². The molecule has 1 aromatic heterocycles. The van der Waals surface area contributed by atoms with Crippen molar-refractivity contribution >= 4 is 16.5 Å². The summed E-state index contributed by atoms with van der Waals surface area (Å²) in [5.41, 5.74) is 0.575. The molecule has 0 atom stereocenters. The second kappa shape index (κ2) is 10.1. The van der Waals surface area contributed by atoms with E-state index in [1.165, 1.54) is 34.4 Å². The van der Waals surface area contributed by atoms with Crippen LogP contribution >= 0.6 is 0 Å². The molecule has 2 heterocycles. The van der Waals surface area contributed by atoms with Gasteiger partial charge in [-0.3, -0.25) is 14.3 Å². The second-order valence-electron chi connectivity index (χ2n) is 7.51. The van der Waals surface area contributed by atoms with Crippen LogP contribution in [-0.2, 0) is 30.4 Å².